The molecule has 2 aromatic heterocycles. The number of fused-ring (bicyclic) bond motifs is 1. The van der Waals surface area contributed by atoms with Gasteiger partial charge in [-0.05, 0) is 6.07 Å². The third-order valence-electron chi connectivity index (χ3n) is 3.15. The molecule has 0 amide bonds. The van der Waals surface area contributed by atoms with Crippen LogP contribution >= 0.6 is 0 Å². The van der Waals surface area contributed by atoms with Gasteiger partial charge in [-0.2, -0.15) is 4.98 Å². The maximum Gasteiger partial charge on any atom is 0.339 e. The molecule has 100 valence electrons. The molecular weight excluding hydrogens is 248 g/mol. The molecule has 0 unspecified atom stereocenters. The normalized spacial score (nSPS) is 15.9. The first-order valence-electron chi connectivity index (χ1n) is 6.00. The monoisotopic (exact) mass is 262 g/mol. The van der Waals surface area contributed by atoms with Crippen LogP contribution in [0.15, 0.2) is 12.3 Å². The topological polar surface area (TPSA) is 109 Å². The molecule has 8 heteroatoms. The van der Waals surface area contributed by atoms with E-state index in [0.717, 1.165) is 31.9 Å². The van der Waals surface area contributed by atoms with Crippen LogP contribution in [0.3, 0.4) is 0 Å². The van der Waals surface area contributed by atoms with E-state index in [9.17, 15) is 9.90 Å². The standard InChI is InChI=1S/C11H14N6O2/c12-11-14-9-8(10(18)19)5-7(6-17(9)15-11)16-3-1-13-2-4-16/h5-6,13H,1-4H2,(H2,12,15)(H,18,19). The average Bonchev–Trinajstić information content (AvgIpc) is 2.78. The number of carboxylic acids is 1. The maximum absolute atomic E-state index is 11.3. The van der Waals surface area contributed by atoms with Crippen molar-refractivity contribution in [3.8, 4) is 0 Å². The SMILES string of the molecule is Nc1nc2c(C(=O)O)cc(N3CCNCC3)cn2n1. The highest BCUT2D eigenvalue weighted by atomic mass is 16.4. The fraction of sp³-hybridized carbons (Fsp3) is 0.364. The molecule has 1 aliphatic rings. The van der Waals surface area contributed by atoms with Gasteiger partial charge in [-0.15, -0.1) is 5.10 Å². The number of nitrogens with one attached hydrogen (secondary N) is 1. The number of piperazine rings is 1. The number of nitrogens with two attached hydrogens (primary N) is 1. The minimum absolute atomic E-state index is 0.0694. The Hall–Kier alpha value is -2.35. The van der Waals surface area contributed by atoms with Crippen molar-refractivity contribution < 1.29 is 9.90 Å². The fourth-order valence-electron chi connectivity index (χ4n) is 2.24. The second-order valence-corrected chi connectivity index (χ2v) is 4.39. The lowest BCUT2D eigenvalue weighted by atomic mass is 10.2. The summed E-state index contributed by atoms with van der Waals surface area (Å²) in [5, 5.41) is 16.5. The number of hydrogen-bond donors (Lipinski definition) is 3. The van der Waals surface area contributed by atoms with E-state index < -0.39 is 5.97 Å². The number of aromatic nitrogens is 3. The second-order valence-electron chi connectivity index (χ2n) is 4.39. The quantitative estimate of drug-likeness (QED) is 0.664. The van der Waals surface area contributed by atoms with Gasteiger partial charge < -0.3 is 21.1 Å². The van der Waals surface area contributed by atoms with Crippen LogP contribution in [0.1, 0.15) is 10.4 Å². The first-order chi connectivity index (χ1) is 9.15. The molecule has 0 bridgehead atoms. The molecule has 8 nitrogen and oxygen atoms in total. The van der Waals surface area contributed by atoms with Gasteiger partial charge in [0.15, 0.2) is 5.65 Å². The molecule has 0 spiro atoms. The molecule has 0 aromatic carbocycles. The van der Waals surface area contributed by atoms with E-state index in [1.54, 1.807) is 12.3 Å². The molecule has 1 fully saturated rings. The van der Waals surface area contributed by atoms with Gasteiger partial charge in [0.25, 0.3) is 0 Å². The summed E-state index contributed by atoms with van der Waals surface area (Å²) in [7, 11) is 0. The maximum atomic E-state index is 11.3. The molecule has 0 radical (unpaired) electrons. The van der Waals surface area contributed by atoms with Crippen LogP contribution in [-0.2, 0) is 0 Å². The Morgan fingerprint density at radius 3 is 2.84 bits per heavy atom. The van der Waals surface area contributed by atoms with Gasteiger partial charge in [0, 0.05) is 26.2 Å². The van der Waals surface area contributed by atoms with E-state index in [2.05, 4.69) is 20.3 Å². The van der Waals surface area contributed by atoms with Gasteiger partial charge in [0.05, 0.1) is 11.9 Å². The first kappa shape index (κ1) is 11.7. The molecule has 0 aliphatic carbocycles. The van der Waals surface area contributed by atoms with Gasteiger partial charge in [0.2, 0.25) is 5.95 Å². The molecule has 3 heterocycles. The third kappa shape index (κ3) is 2.06. The first-order valence-corrected chi connectivity index (χ1v) is 6.00. The zero-order valence-corrected chi connectivity index (χ0v) is 10.2. The van der Waals surface area contributed by atoms with Gasteiger partial charge in [-0.3, -0.25) is 0 Å². The van der Waals surface area contributed by atoms with Crippen LogP contribution in [0, 0.1) is 0 Å². The number of carboxylic acid groups (broad SMARTS) is 1. The molecule has 1 saturated heterocycles. The van der Waals surface area contributed by atoms with Crippen LogP contribution < -0.4 is 16.0 Å². The number of carbonyl (C=O) groups is 1. The molecule has 0 atom stereocenters. The number of nitrogen functional groups attached to an aromatic ring is 1. The van der Waals surface area contributed by atoms with Gasteiger partial charge in [-0.25, -0.2) is 9.31 Å². The predicted molar refractivity (Wildman–Crippen MR) is 69.4 cm³/mol. The zero-order chi connectivity index (χ0) is 13.4. The lowest BCUT2D eigenvalue weighted by Gasteiger charge is -2.29. The van der Waals surface area contributed by atoms with Crippen molar-refractivity contribution in [2.24, 2.45) is 0 Å². The Bertz CT molecular complexity index is 631. The van der Waals surface area contributed by atoms with Crippen molar-refractivity contribution in [1.29, 1.82) is 0 Å². The van der Waals surface area contributed by atoms with E-state index >= 15 is 0 Å². The van der Waals surface area contributed by atoms with Crippen molar-refractivity contribution in [3.05, 3.63) is 17.8 Å². The summed E-state index contributed by atoms with van der Waals surface area (Å²) in [5.41, 5.74) is 6.72. The smallest absolute Gasteiger partial charge is 0.339 e. The Morgan fingerprint density at radius 2 is 2.16 bits per heavy atom. The van der Waals surface area contributed by atoms with Gasteiger partial charge >= 0.3 is 5.97 Å². The van der Waals surface area contributed by atoms with Crippen molar-refractivity contribution in [2.75, 3.05) is 36.8 Å². The minimum atomic E-state index is -1.03. The van der Waals surface area contributed by atoms with E-state index in [0.29, 0.717) is 0 Å². The molecule has 1 aliphatic heterocycles. The molecule has 2 aromatic rings. The number of aromatic carboxylic acids is 1. The molecular formula is C11H14N6O2. The van der Waals surface area contributed by atoms with Gasteiger partial charge in [-0.1, -0.05) is 0 Å². The van der Waals surface area contributed by atoms with Crippen molar-refractivity contribution in [3.63, 3.8) is 0 Å². The third-order valence-corrected chi connectivity index (χ3v) is 3.15. The van der Waals surface area contributed by atoms with E-state index in [1.165, 1.54) is 4.52 Å². The highest BCUT2D eigenvalue weighted by Crippen LogP contribution is 2.20. The number of rotatable bonds is 2. The number of hydrogen-bond acceptors (Lipinski definition) is 6. The molecule has 0 saturated carbocycles. The Kier molecular flexibility index (Phi) is 2.71. The Labute approximate surface area is 108 Å². The summed E-state index contributed by atoms with van der Waals surface area (Å²) < 4.78 is 1.43. The summed E-state index contributed by atoms with van der Waals surface area (Å²) in [5.74, 6) is -0.964. The van der Waals surface area contributed by atoms with Crippen molar-refractivity contribution in [1.82, 2.24) is 19.9 Å². The van der Waals surface area contributed by atoms with Crippen LogP contribution in [-0.4, -0.2) is 51.9 Å². The fourth-order valence-corrected chi connectivity index (χ4v) is 2.24. The minimum Gasteiger partial charge on any atom is -0.478 e. The van der Waals surface area contributed by atoms with Crippen molar-refractivity contribution in [2.45, 2.75) is 0 Å². The number of nitrogens with zero attached hydrogens (tertiary/aromatic N) is 4. The highest BCUT2D eigenvalue weighted by molar-refractivity contribution is 5.95. The van der Waals surface area contributed by atoms with E-state index in [4.69, 9.17) is 5.73 Å². The Balaban J connectivity index is 2.12. The molecule has 19 heavy (non-hydrogen) atoms. The summed E-state index contributed by atoms with van der Waals surface area (Å²) in [6.07, 6.45) is 1.76. The van der Waals surface area contributed by atoms with E-state index in [-0.39, 0.29) is 17.2 Å². The van der Waals surface area contributed by atoms with Crippen molar-refractivity contribution >= 4 is 23.3 Å². The summed E-state index contributed by atoms with van der Waals surface area (Å²) >= 11 is 0. The highest BCUT2D eigenvalue weighted by Gasteiger charge is 2.18. The predicted octanol–water partition coefficient (Wildman–Crippen LogP) is -0.581. The summed E-state index contributed by atoms with van der Waals surface area (Å²) in [6, 6.07) is 1.62. The summed E-state index contributed by atoms with van der Waals surface area (Å²) in [4.78, 5) is 17.4. The molecule has 3 rings (SSSR count). The second kappa shape index (κ2) is 4.39. The number of pyridine rings is 1. The van der Waals surface area contributed by atoms with Gasteiger partial charge in [0.1, 0.15) is 5.56 Å². The Morgan fingerprint density at radius 1 is 1.42 bits per heavy atom. The van der Waals surface area contributed by atoms with Crippen LogP contribution in [0.4, 0.5) is 11.6 Å². The van der Waals surface area contributed by atoms with Crippen LogP contribution in [0.5, 0.6) is 0 Å². The van der Waals surface area contributed by atoms with E-state index in [1.807, 2.05) is 0 Å². The molecule has 4 N–H and O–H groups in total. The zero-order valence-electron chi connectivity index (χ0n) is 10.2. The van der Waals surface area contributed by atoms with Crippen LogP contribution in [0.25, 0.3) is 5.65 Å². The summed E-state index contributed by atoms with van der Waals surface area (Å²) in [6.45, 7) is 3.41. The lowest BCUT2D eigenvalue weighted by Crippen LogP contribution is -2.43. The average molecular weight is 262 g/mol. The van der Waals surface area contributed by atoms with Crippen LogP contribution in [0.2, 0.25) is 0 Å². The lowest BCUT2D eigenvalue weighted by molar-refractivity contribution is 0.0698. The number of anilines is 2. The largest absolute Gasteiger partial charge is 0.478 e.